The highest BCUT2D eigenvalue weighted by Gasteiger charge is 2.39. The molecule has 0 aliphatic carbocycles. The van der Waals surface area contributed by atoms with Gasteiger partial charge < -0.3 is 114 Å². The van der Waals surface area contributed by atoms with Crippen molar-refractivity contribution in [3.63, 3.8) is 0 Å². The van der Waals surface area contributed by atoms with Crippen molar-refractivity contribution in [2.24, 2.45) is 0 Å². The average molecular weight is 1720 g/mol. The number of hydrogen-bond acceptors (Lipinski definition) is 29. The minimum absolute atomic E-state index is 0.0491. The van der Waals surface area contributed by atoms with Gasteiger partial charge in [-0.3, -0.25) is 0 Å². The van der Waals surface area contributed by atoms with E-state index in [0.29, 0.717) is 211 Å². The normalized spacial score (nSPS) is 13.6. The lowest BCUT2D eigenvalue weighted by molar-refractivity contribution is 0.0525. The summed E-state index contributed by atoms with van der Waals surface area (Å²) in [5.41, 5.74) is 10.6. The molecule has 8 aliphatic rings. The number of unbranched alkanes of at least 4 members (excludes halogenated alkanes) is 2. The summed E-state index contributed by atoms with van der Waals surface area (Å²) in [6.07, 6.45) is 13.0. The van der Waals surface area contributed by atoms with Crippen LogP contribution in [0.1, 0.15) is 96.3 Å². The second-order valence-electron chi connectivity index (χ2n) is 29.0. The van der Waals surface area contributed by atoms with Gasteiger partial charge in [0.25, 0.3) is 0 Å². The van der Waals surface area contributed by atoms with Crippen molar-refractivity contribution in [3.05, 3.63) is 166 Å². The van der Waals surface area contributed by atoms with Crippen LogP contribution >= 0.6 is 0 Å². The van der Waals surface area contributed by atoms with E-state index in [1.807, 2.05) is 128 Å². The molecule has 20 rings (SSSR count). The zero-order valence-electron chi connectivity index (χ0n) is 70.4. The van der Waals surface area contributed by atoms with Crippen molar-refractivity contribution in [1.82, 2.24) is 0 Å². The van der Waals surface area contributed by atoms with Crippen LogP contribution < -0.4 is 94.7 Å². The molecule has 29 nitrogen and oxygen atoms in total. The highest BCUT2D eigenvalue weighted by atomic mass is 16.7. The average Bonchev–Trinajstić information content (AvgIpc) is 1.67. The molecule has 8 aliphatic heterocycles. The van der Waals surface area contributed by atoms with Gasteiger partial charge in [-0.25, -0.2) is 19.2 Å². The van der Waals surface area contributed by atoms with Crippen LogP contribution in [0.3, 0.4) is 0 Å². The van der Waals surface area contributed by atoms with Gasteiger partial charge in [-0.2, -0.15) is 5.26 Å². The Kier molecular flexibility index (Phi) is 23.6. The Labute approximate surface area is 727 Å². The molecule has 0 amide bonds. The molecule has 0 unspecified atom stereocenters. The monoisotopic (exact) mass is 1720 g/mol. The smallest absolute Gasteiger partial charge is 0.339 e. The number of cyclic esters (lactones) is 4. The van der Waals surface area contributed by atoms with E-state index in [2.05, 4.69) is 17.9 Å². The van der Waals surface area contributed by atoms with Gasteiger partial charge in [0.2, 0.25) is 27.2 Å². The molecular formula is C98H81NO28. The molecule has 12 aromatic rings. The number of carbonyl (C=O) groups excluding carboxylic acids is 4. The number of nitriles is 1. The van der Waals surface area contributed by atoms with E-state index < -0.39 is 17.9 Å². The van der Waals surface area contributed by atoms with Gasteiger partial charge in [-0.15, -0.1) is 18.8 Å². The Bertz CT molecular complexity index is 6440. The number of nitrogens with zero attached hydrogens (tertiary/aromatic N) is 1. The van der Waals surface area contributed by atoms with Crippen molar-refractivity contribution in [1.29, 1.82) is 5.26 Å². The Morgan fingerprint density at radius 3 is 0.803 bits per heavy atom. The van der Waals surface area contributed by atoms with Crippen molar-refractivity contribution in [2.45, 2.75) is 59.0 Å². The maximum Gasteiger partial charge on any atom is 0.339 e. The number of hydrogen-bond donors (Lipinski definition) is 0. The third-order valence-corrected chi connectivity index (χ3v) is 22.3. The molecule has 0 aromatic heterocycles. The quantitative estimate of drug-likeness (QED) is 0.0235. The Morgan fingerprint density at radius 1 is 0.299 bits per heavy atom. The number of ether oxygens (including phenoxy) is 24. The molecule has 0 atom stereocenters. The predicted octanol–water partition coefficient (Wildman–Crippen LogP) is 17.6. The maximum absolute atomic E-state index is 12.9. The maximum atomic E-state index is 12.9. The molecule has 0 bridgehead atoms. The summed E-state index contributed by atoms with van der Waals surface area (Å²) in [6.45, 7) is 4.28. The molecule has 0 radical (unpaired) electrons. The zero-order valence-corrected chi connectivity index (χ0v) is 70.4. The van der Waals surface area contributed by atoms with Crippen molar-refractivity contribution < 1.29 is 133 Å². The van der Waals surface area contributed by atoms with Crippen molar-refractivity contribution in [3.8, 4) is 190 Å². The summed E-state index contributed by atoms with van der Waals surface area (Å²) in [4.78, 5) is 51.4. The Hall–Kier alpha value is -15.8. The zero-order chi connectivity index (χ0) is 88.3. The lowest BCUT2D eigenvalue weighted by Gasteiger charge is -2.19. The molecule has 646 valence electrons. The molecule has 12 aromatic carbocycles. The highest BCUT2D eigenvalue weighted by Crippen LogP contribution is 2.56. The molecule has 0 saturated heterocycles. The first-order chi connectivity index (χ1) is 62.1. The lowest BCUT2D eigenvalue weighted by atomic mass is 9.89. The topological polar surface area (TPSA) is 314 Å². The summed E-state index contributed by atoms with van der Waals surface area (Å²) in [6, 6.07) is 39.2. The molecule has 0 N–H and O–H groups in total. The minimum Gasteiger partial charge on any atom is -0.493 e. The van der Waals surface area contributed by atoms with Crippen LogP contribution in [0.15, 0.2) is 121 Å². The molecule has 29 heteroatoms. The van der Waals surface area contributed by atoms with Gasteiger partial charge in [-0.05, 0) is 161 Å². The first kappa shape index (κ1) is 83.4. The van der Waals surface area contributed by atoms with Gasteiger partial charge in [0.05, 0.1) is 105 Å². The van der Waals surface area contributed by atoms with Crippen LogP contribution in [-0.4, -0.2) is 134 Å². The third-order valence-electron chi connectivity index (χ3n) is 22.3. The third kappa shape index (κ3) is 15.2. The number of rotatable bonds is 24. The van der Waals surface area contributed by atoms with Crippen LogP contribution in [-0.2, 0) is 45.4 Å². The fourth-order valence-electron chi connectivity index (χ4n) is 16.6. The van der Waals surface area contributed by atoms with E-state index in [0.717, 1.165) is 82.0 Å². The molecule has 0 spiro atoms. The van der Waals surface area contributed by atoms with E-state index in [9.17, 15) is 19.2 Å². The molecule has 0 fully saturated rings. The van der Waals surface area contributed by atoms with Crippen LogP contribution in [0.4, 0.5) is 0 Å². The number of fused-ring (bicyclic) bond motifs is 12. The number of esters is 4. The summed E-state index contributed by atoms with van der Waals surface area (Å²) < 4.78 is 134. The van der Waals surface area contributed by atoms with Crippen molar-refractivity contribution >= 4 is 67.0 Å². The number of benzene rings is 12. The van der Waals surface area contributed by atoms with Gasteiger partial charge in [-0.1, -0.05) is 30.2 Å². The number of terminal acetylenes is 2. The summed E-state index contributed by atoms with van der Waals surface area (Å²) in [5.74, 6) is 15.2. The fourth-order valence-corrected chi connectivity index (χ4v) is 16.6. The SMILES string of the molecule is C#CCCCOc1c2c(c(-c3ccc4c(c3)OCO4)c3cc(OC)c(OC)cc13)C(=O)OC2.C#CCOc1c2c(c(-c3ccc4c(c3)OCO4)c3cc(OC)c(OC)cc13)C(=O)OC2.CCOc1c2c(c(-c3ccc4c(c3)OCO4)c3cc(OC)c(OC)cc13)C(=O)OC2.COc1cc2c(OCCCC#N)c3c(c(-c4ccc5c(c4)OCO5)c2cc1OC)C(=O)OC3. The van der Waals surface area contributed by atoms with Crippen LogP contribution in [0, 0.1) is 36.0 Å². The molecule has 127 heavy (non-hydrogen) atoms. The first-order valence-electron chi connectivity index (χ1n) is 40.2. The number of methoxy groups -OCH3 is 8. The Morgan fingerprint density at radius 2 is 0.551 bits per heavy atom. The van der Waals surface area contributed by atoms with Crippen LogP contribution in [0.25, 0.3) is 87.6 Å². The van der Waals surface area contributed by atoms with Gasteiger partial charge in [0.1, 0.15) is 56.0 Å². The number of carbonyl (C=O) groups is 4. The largest absolute Gasteiger partial charge is 0.493 e. The summed E-state index contributed by atoms with van der Waals surface area (Å²) >= 11 is 0. The van der Waals surface area contributed by atoms with Gasteiger partial charge in [0, 0.05) is 78.9 Å². The van der Waals surface area contributed by atoms with Gasteiger partial charge in [0.15, 0.2) is 92.0 Å². The first-order valence-corrected chi connectivity index (χ1v) is 40.2. The van der Waals surface area contributed by atoms with E-state index in [-0.39, 0.29) is 66.2 Å². The molecule has 0 saturated carbocycles. The minimum atomic E-state index is -0.426. The second-order valence-corrected chi connectivity index (χ2v) is 29.0. The van der Waals surface area contributed by atoms with E-state index in [1.165, 1.54) is 0 Å². The van der Waals surface area contributed by atoms with Crippen molar-refractivity contribution in [2.75, 3.05) is 110 Å². The molecular weight excluding hydrogens is 1640 g/mol. The van der Waals surface area contributed by atoms with Crippen LogP contribution in [0.2, 0.25) is 0 Å². The summed E-state index contributed by atoms with van der Waals surface area (Å²) in [7, 11) is 12.6. The van der Waals surface area contributed by atoms with E-state index in [4.69, 9.17) is 132 Å². The Balaban J connectivity index is 0.000000119. The van der Waals surface area contributed by atoms with Gasteiger partial charge >= 0.3 is 23.9 Å². The van der Waals surface area contributed by atoms with Crippen LogP contribution in [0.5, 0.6) is 115 Å². The lowest BCUT2D eigenvalue weighted by Crippen LogP contribution is -2.05. The predicted molar refractivity (Wildman–Crippen MR) is 460 cm³/mol. The van der Waals surface area contributed by atoms with E-state index in [1.54, 1.807) is 56.9 Å². The fraction of sp³-hybridized carbons (Fsp3) is 0.255. The molecule has 8 heterocycles. The van der Waals surface area contributed by atoms with E-state index >= 15 is 0 Å². The highest BCUT2D eigenvalue weighted by molar-refractivity contribution is 6.18. The summed E-state index contributed by atoms with van der Waals surface area (Å²) in [5, 5.41) is 15.0. The standard InChI is InChI=1S/C26H22O7.C25H21NO7.C24H18O7.C23H20O7/c1-4-5-6-9-30-25-17-12-21(29-3)20(28-2)11-16(17)23(24-18(25)13-31-26(24)27)15-7-8-19-22(10-15)33-14-32-19;1-28-19-10-15-16(11-20(19)29-2)24(30-8-4-3-7-26)17-12-31-25(27)23(17)22(15)14-5-6-18-21(9-14)33-13-32-18;1-4-7-28-23-15-10-19(27-3)18(26-2)9-14(15)21(22-16(23)11-29-24(22)25)13-5-6-17-20(8-13)31-12-30-17;1-4-27-22-14-9-18(26-3)17(25-2)8-13(14)20(21-15(22)10-28-23(21)24)12-5-6-16-19(7-12)30-11-29-16/h1,7-8,10-12H,5-6,9,13-14H2,2-3H3;5-6,9-11H,3-4,8,12-13H2,1-2H3;1,5-6,8-10H,7,11-12H2,2-3H3;5-9H,4,10-11H2,1-3H3. The second kappa shape index (κ2) is 35.9.